The molecule has 2 saturated heterocycles. The molecule has 3 amide bonds. The summed E-state index contributed by atoms with van der Waals surface area (Å²) in [5.74, 6) is -0.353. The number of rotatable bonds is 8. The number of aliphatic hydroxyl groups is 2. The molecule has 2 fully saturated rings. The van der Waals surface area contributed by atoms with E-state index in [4.69, 9.17) is 4.74 Å². The van der Waals surface area contributed by atoms with Gasteiger partial charge in [0.1, 0.15) is 11.6 Å². The monoisotopic (exact) mass is 734 g/mol. The summed E-state index contributed by atoms with van der Waals surface area (Å²) in [6, 6.07) is 15.1. The summed E-state index contributed by atoms with van der Waals surface area (Å²) in [4.78, 5) is 49.2. The Kier molecular flexibility index (Phi) is 12.6. The summed E-state index contributed by atoms with van der Waals surface area (Å²) in [6.07, 6.45) is -1.05. The van der Waals surface area contributed by atoms with E-state index < -0.39 is 29.9 Å². The van der Waals surface area contributed by atoms with Gasteiger partial charge in [-0.2, -0.15) is 0 Å². The van der Waals surface area contributed by atoms with Crippen molar-refractivity contribution in [1.29, 1.82) is 0 Å². The number of hydrogen-bond acceptors (Lipinski definition) is 11. The zero-order chi connectivity index (χ0) is 36.7. The first-order valence-electron chi connectivity index (χ1n) is 16.9. The molecule has 4 heterocycles. The molecule has 0 radical (unpaired) electrons. The number of aromatic nitrogens is 2. The maximum absolute atomic E-state index is 12.7. The lowest BCUT2D eigenvalue weighted by atomic mass is 10.1. The van der Waals surface area contributed by atoms with Crippen molar-refractivity contribution in [3.8, 4) is 20.9 Å². The van der Waals surface area contributed by atoms with Gasteiger partial charge in [-0.15, -0.1) is 22.7 Å². The number of aryl methyl sites for hydroxylation is 2. The number of hydrogen-bond donors (Lipinski definition) is 5. The highest BCUT2D eigenvalue weighted by molar-refractivity contribution is 7.13. The Balaban J connectivity index is 0.000000205. The average molecular weight is 735 g/mol. The van der Waals surface area contributed by atoms with Gasteiger partial charge in [-0.05, 0) is 63.3 Å². The van der Waals surface area contributed by atoms with Crippen LogP contribution in [-0.4, -0.2) is 86.0 Å². The molecular weight excluding hydrogens is 689 g/mol. The van der Waals surface area contributed by atoms with E-state index in [-0.39, 0.29) is 30.8 Å². The highest BCUT2D eigenvalue weighted by atomic mass is 32.1. The Labute approximate surface area is 306 Å². The molecule has 51 heavy (non-hydrogen) atoms. The number of β-amino-alcohol motifs (C(OH)–C–C–N with tert-alkyl or cyclic N) is 2. The first kappa shape index (κ1) is 38.0. The number of benzene rings is 2. The summed E-state index contributed by atoms with van der Waals surface area (Å²) in [5, 5.41) is 28.2. The first-order chi connectivity index (χ1) is 24.3. The standard InChI is InChI=1S/C21H27N3O4S.C16H19N3O2S/c1-13-18(29-12-23-13)15-7-5-14(6-8-15)10-22-19(26)17-9-16(25)11-24(17)20(27)28-21(2,3)4;1-10-15(22-9-19-10)12-4-2-11(3-5-12)7-18-16(21)14-6-13(20)8-17-14/h5-8,12,16-17,25H,9-11H2,1-4H3,(H,22,26);2-5,9,13-14,17,20H,6-8H2,1H3,(H,18,21)/t16-,17+;13-,14+/m11/s1. The van der Waals surface area contributed by atoms with E-state index in [1.807, 2.05) is 61.3 Å². The summed E-state index contributed by atoms with van der Waals surface area (Å²) >= 11 is 3.23. The number of amides is 3. The van der Waals surface area contributed by atoms with Crippen LogP contribution in [0.3, 0.4) is 0 Å². The molecule has 14 heteroatoms. The van der Waals surface area contributed by atoms with Gasteiger partial charge in [-0.3, -0.25) is 14.5 Å². The molecule has 4 atom stereocenters. The van der Waals surface area contributed by atoms with E-state index >= 15 is 0 Å². The van der Waals surface area contributed by atoms with Gasteiger partial charge in [0.05, 0.1) is 57.0 Å². The fourth-order valence-electron chi connectivity index (χ4n) is 5.83. The second kappa shape index (κ2) is 16.9. The third-order valence-electron chi connectivity index (χ3n) is 8.49. The topological polar surface area (TPSA) is 166 Å². The van der Waals surface area contributed by atoms with Crippen molar-refractivity contribution in [2.45, 2.75) is 90.4 Å². The third-order valence-corrected chi connectivity index (χ3v) is 10.4. The predicted octanol–water partition coefficient (Wildman–Crippen LogP) is 4.56. The van der Waals surface area contributed by atoms with Crippen molar-refractivity contribution in [2.75, 3.05) is 13.1 Å². The number of carbonyl (C=O) groups is 3. The van der Waals surface area contributed by atoms with Gasteiger partial charge in [0.25, 0.3) is 0 Å². The quantitative estimate of drug-likeness (QED) is 0.175. The van der Waals surface area contributed by atoms with Gasteiger partial charge in [-0.1, -0.05) is 48.5 Å². The van der Waals surface area contributed by atoms with Crippen LogP contribution in [0.2, 0.25) is 0 Å². The number of ether oxygens (including phenoxy) is 1. The average Bonchev–Trinajstić information content (AvgIpc) is 3.91. The lowest BCUT2D eigenvalue weighted by molar-refractivity contribution is -0.125. The van der Waals surface area contributed by atoms with Crippen LogP contribution < -0.4 is 16.0 Å². The van der Waals surface area contributed by atoms with Crippen molar-refractivity contribution in [3.05, 3.63) is 82.1 Å². The molecule has 5 N–H and O–H groups in total. The number of aliphatic hydroxyl groups excluding tert-OH is 2. The van der Waals surface area contributed by atoms with Gasteiger partial charge in [0.2, 0.25) is 11.8 Å². The summed E-state index contributed by atoms with van der Waals surface area (Å²) in [5.41, 5.74) is 9.29. The van der Waals surface area contributed by atoms with E-state index in [2.05, 4.69) is 38.1 Å². The Morgan fingerprint density at radius 3 is 1.76 bits per heavy atom. The Hall–Kier alpha value is -4.21. The zero-order valence-electron chi connectivity index (χ0n) is 29.5. The minimum atomic E-state index is -0.737. The van der Waals surface area contributed by atoms with E-state index in [1.165, 1.54) is 9.78 Å². The maximum Gasteiger partial charge on any atom is 0.411 e. The number of likely N-dealkylation sites (tertiary alicyclic amines) is 1. The Bertz CT molecular complexity index is 1790. The van der Waals surface area contributed by atoms with E-state index in [9.17, 15) is 24.6 Å². The van der Waals surface area contributed by atoms with Crippen LogP contribution in [-0.2, 0) is 27.4 Å². The van der Waals surface area contributed by atoms with Crippen molar-refractivity contribution in [2.24, 2.45) is 0 Å². The van der Waals surface area contributed by atoms with Crippen LogP contribution in [0.25, 0.3) is 20.9 Å². The minimum Gasteiger partial charge on any atom is -0.444 e. The molecule has 0 bridgehead atoms. The van der Waals surface area contributed by atoms with Gasteiger partial charge < -0.3 is 30.9 Å². The number of nitrogens with zero attached hydrogens (tertiary/aromatic N) is 3. The van der Waals surface area contributed by atoms with Crippen molar-refractivity contribution < 1.29 is 29.3 Å². The molecule has 2 aromatic heterocycles. The molecule has 0 aliphatic carbocycles. The Morgan fingerprint density at radius 1 is 0.824 bits per heavy atom. The molecule has 2 aliphatic heterocycles. The van der Waals surface area contributed by atoms with E-state index in [1.54, 1.807) is 43.4 Å². The van der Waals surface area contributed by atoms with Gasteiger partial charge in [0, 0.05) is 26.1 Å². The number of thiazole rings is 2. The van der Waals surface area contributed by atoms with Crippen LogP contribution in [0.15, 0.2) is 59.6 Å². The summed E-state index contributed by atoms with van der Waals surface area (Å²) in [7, 11) is 0. The van der Waals surface area contributed by atoms with E-state index in [0.717, 1.165) is 38.5 Å². The van der Waals surface area contributed by atoms with Crippen LogP contribution in [0.5, 0.6) is 0 Å². The van der Waals surface area contributed by atoms with Crippen molar-refractivity contribution in [1.82, 2.24) is 30.8 Å². The molecule has 0 spiro atoms. The highest BCUT2D eigenvalue weighted by Gasteiger charge is 2.40. The second-order valence-corrected chi connectivity index (χ2v) is 15.5. The van der Waals surface area contributed by atoms with Gasteiger partial charge in [-0.25, -0.2) is 14.8 Å². The molecule has 2 aliphatic rings. The maximum atomic E-state index is 12.7. The number of carbonyl (C=O) groups excluding carboxylic acids is 3. The third kappa shape index (κ3) is 10.4. The van der Waals surface area contributed by atoms with Crippen molar-refractivity contribution in [3.63, 3.8) is 0 Å². The minimum absolute atomic E-state index is 0.0565. The molecular formula is C37H46N6O6S2. The first-order valence-corrected chi connectivity index (χ1v) is 18.7. The van der Waals surface area contributed by atoms with Crippen LogP contribution in [0.1, 0.15) is 56.1 Å². The molecule has 272 valence electrons. The molecule has 0 unspecified atom stereocenters. The normalized spacial score (nSPS) is 20.0. The summed E-state index contributed by atoms with van der Waals surface area (Å²) < 4.78 is 5.36. The smallest absolute Gasteiger partial charge is 0.411 e. The van der Waals surface area contributed by atoms with Crippen LogP contribution >= 0.6 is 22.7 Å². The second-order valence-electron chi connectivity index (χ2n) is 13.8. The van der Waals surface area contributed by atoms with Crippen molar-refractivity contribution >= 4 is 40.6 Å². The fraction of sp³-hybridized carbons (Fsp3) is 0.432. The van der Waals surface area contributed by atoms with Crippen LogP contribution in [0.4, 0.5) is 4.79 Å². The molecule has 4 aromatic rings. The lowest BCUT2D eigenvalue weighted by Crippen LogP contribution is -2.47. The predicted molar refractivity (Wildman–Crippen MR) is 198 cm³/mol. The van der Waals surface area contributed by atoms with Crippen LogP contribution in [0, 0.1) is 13.8 Å². The van der Waals surface area contributed by atoms with E-state index in [0.29, 0.717) is 26.1 Å². The zero-order valence-corrected chi connectivity index (χ0v) is 31.1. The largest absolute Gasteiger partial charge is 0.444 e. The number of nitrogens with one attached hydrogen (secondary N) is 3. The fourth-order valence-corrected chi connectivity index (χ4v) is 7.45. The highest BCUT2D eigenvalue weighted by Crippen LogP contribution is 2.28. The van der Waals surface area contributed by atoms with Gasteiger partial charge in [0.15, 0.2) is 0 Å². The lowest BCUT2D eigenvalue weighted by Gasteiger charge is -2.27. The molecule has 12 nitrogen and oxygen atoms in total. The van der Waals surface area contributed by atoms with Gasteiger partial charge >= 0.3 is 6.09 Å². The molecule has 0 saturated carbocycles. The Morgan fingerprint density at radius 2 is 1.33 bits per heavy atom. The molecule has 6 rings (SSSR count). The summed E-state index contributed by atoms with van der Waals surface area (Å²) in [6.45, 7) is 10.7. The molecule has 2 aromatic carbocycles. The SMILES string of the molecule is Cc1ncsc1-c1ccc(CNC(=O)[C@@H]2C[C@@H](O)CN2)cc1.Cc1ncsc1-c1ccc(CNC(=O)[C@@H]2C[C@@H](O)CN2C(=O)OC(C)(C)C)cc1.